The highest BCUT2D eigenvalue weighted by molar-refractivity contribution is 6.08. The van der Waals surface area contributed by atoms with Crippen LogP contribution in [0.2, 0.25) is 0 Å². The van der Waals surface area contributed by atoms with E-state index in [1.165, 1.54) is 6.08 Å². The lowest BCUT2D eigenvalue weighted by atomic mass is 10.1. The van der Waals surface area contributed by atoms with E-state index >= 15 is 0 Å². The second kappa shape index (κ2) is 8.52. The zero-order valence-corrected chi connectivity index (χ0v) is 15.9. The highest BCUT2D eigenvalue weighted by atomic mass is 16.2. The molecule has 2 aromatic carbocycles. The first kappa shape index (κ1) is 19.4. The number of aryl methyl sites for hydroxylation is 1. The summed E-state index contributed by atoms with van der Waals surface area (Å²) < 4.78 is 0. The van der Waals surface area contributed by atoms with Gasteiger partial charge in [0.2, 0.25) is 5.91 Å². The number of anilines is 1. The van der Waals surface area contributed by atoms with Crippen LogP contribution in [0.5, 0.6) is 0 Å². The second-order valence-electron chi connectivity index (χ2n) is 6.77. The van der Waals surface area contributed by atoms with Crippen LogP contribution in [0.25, 0.3) is 6.08 Å². The fourth-order valence-corrected chi connectivity index (χ4v) is 2.79. The molecule has 1 saturated carbocycles. The largest absolute Gasteiger partial charge is 0.355 e. The molecule has 6 heteroatoms. The zero-order valence-electron chi connectivity index (χ0n) is 15.9. The SMILES string of the molecule is CNC(=O)c1c(C)cccc1NC(=O)/C=C/c1ccc(C(=O)NC2CC2)cc1. The van der Waals surface area contributed by atoms with Gasteiger partial charge in [-0.25, -0.2) is 0 Å². The number of hydrogen-bond acceptors (Lipinski definition) is 3. The van der Waals surface area contributed by atoms with E-state index in [1.54, 1.807) is 49.5 Å². The molecule has 144 valence electrons. The minimum atomic E-state index is -0.341. The minimum absolute atomic E-state index is 0.0723. The Balaban J connectivity index is 1.65. The molecular formula is C22H23N3O3. The molecule has 0 aliphatic heterocycles. The van der Waals surface area contributed by atoms with E-state index < -0.39 is 0 Å². The highest BCUT2D eigenvalue weighted by Gasteiger charge is 2.23. The van der Waals surface area contributed by atoms with Crippen molar-refractivity contribution in [2.45, 2.75) is 25.8 Å². The Hall–Kier alpha value is -3.41. The fraction of sp³-hybridized carbons (Fsp3) is 0.227. The number of carbonyl (C=O) groups excluding carboxylic acids is 3. The molecule has 3 N–H and O–H groups in total. The van der Waals surface area contributed by atoms with Gasteiger partial charge in [-0.2, -0.15) is 0 Å². The molecule has 6 nitrogen and oxygen atoms in total. The van der Waals surface area contributed by atoms with Crippen LogP contribution in [0.15, 0.2) is 48.5 Å². The van der Waals surface area contributed by atoms with Gasteiger partial charge in [0.05, 0.1) is 11.3 Å². The number of benzene rings is 2. The molecule has 2 aromatic rings. The molecule has 1 aliphatic rings. The van der Waals surface area contributed by atoms with Crippen molar-refractivity contribution in [2.75, 3.05) is 12.4 Å². The molecule has 0 spiro atoms. The van der Waals surface area contributed by atoms with Crippen molar-refractivity contribution in [3.63, 3.8) is 0 Å². The molecule has 3 amide bonds. The third-order valence-electron chi connectivity index (χ3n) is 4.50. The van der Waals surface area contributed by atoms with Gasteiger partial charge in [-0.15, -0.1) is 0 Å². The van der Waals surface area contributed by atoms with Gasteiger partial charge in [0.1, 0.15) is 0 Å². The van der Waals surface area contributed by atoms with Gasteiger partial charge in [-0.05, 0) is 55.2 Å². The van der Waals surface area contributed by atoms with Gasteiger partial charge < -0.3 is 16.0 Å². The van der Waals surface area contributed by atoms with Gasteiger partial charge in [0, 0.05) is 24.7 Å². The topological polar surface area (TPSA) is 87.3 Å². The van der Waals surface area contributed by atoms with Gasteiger partial charge in [-0.1, -0.05) is 24.3 Å². The molecule has 0 radical (unpaired) electrons. The van der Waals surface area contributed by atoms with Gasteiger partial charge in [0.15, 0.2) is 0 Å². The summed E-state index contributed by atoms with van der Waals surface area (Å²) in [6.07, 6.45) is 5.15. The van der Waals surface area contributed by atoms with Gasteiger partial charge >= 0.3 is 0 Å². The predicted octanol–water partition coefficient (Wildman–Crippen LogP) is 2.90. The van der Waals surface area contributed by atoms with Gasteiger partial charge in [-0.3, -0.25) is 14.4 Å². The molecule has 0 bridgehead atoms. The van der Waals surface area contributed by atoms with Crippen LogP contribution in [0.1, 0.15) is 44.7 Å². The molecule has 28 heavy (non-hydrogen) atoms. The standard InChI is InChI=1S/C22H23N3O3/c1-14-4-3-5-18(20(14)22(28)23-2)25-19(26)13-8-15-6-9-16(10-7-15)21(27)24-17-11-12-17/h3-10,13,17H,11-12H2,1-2H3,(H,23,28)(H,24,27)(H,25,26)/b13-8+. The van der Waals surface area contributed by atoms with E-state index in [0.29, 0.717) is 22.9 Å². The van der Waals surface area contributed by atoms with E-state index in [0.717, 1.165) is 24.0 Å². The molecular weight excluding hydrogens is 354 g/mol. The zero-order chi connectivity index (χ0) is 20.1. The summed E-state index contributed by atoms with van der Waals surface area (Å²) in [4.78, 5) is 36.3. The Morgan fingerprint density at radius 3 is 2.36 bits per heavy atom. The molecule has 1 aliphatic carbocycles. The number of nitrogens with one attached hydrogen (secondary N) is 3. The third kappa shape index (κ3) is 4.85. The molecule has 0 heterocycles. The quantitative estimate of drug-likeness (QED) is 0.677. The maximum absolute atomic E-state index is 12.3. The van der Waals surface area contributed by atoms with Crippen LogP contribution in [0, 0.1) is 6.92 Å². The van der Waals surface area contributed by atoms with Crippen LogP contribution < -0.4 is 16.0 Å². The maximum atomic E-state index is 12.3. The number of rotatable bonds is 6. The summed E-state index contributed by atoms with van der Waals surface area (Å²) in [7, 11) is 1.55. The van der Waals surface area contributed by atoms with E-state index in [9.17, 15) is 14.4 Å². The summed E-state index contributed by atoms with van der Waals surface area (Å²) >= 11 is 0. The first-order valence-corrected chi connectivity index (χ1v) is 9.19. The lowest BCUT2D eigenvalue weighted by molar-refractivity contribution is -0.111. The van der Waals surface area contributed by atoms with Crippen molar-refractivity contribution in [3.05, 3.63) is 70.8 Å². The van der Waals surface area contributed by atoms with Crippen LogP contribution in [0.3, 0.4) is 0 Å². The Bertz CT molecular complexity index is 929. The summed E-state index contributed by atoms with van der Waals surface area (Å²) in [6.45, 7) is 1.82. The van der Waals surface area contributed by atoms with Gasteiger partial charge in [0.25, 0.3) is 11.8 Å². The summed E-state index contributed by atoms with van der Waals surface area (Å²) in [5.74, 6) is -0.666. The van der Waals surface area contributed by atoms with Crippen molar-refractivity contribution < 1.29 is 14.4 Å². The summed E-state index contributed by atoms with van der Waals surface area (Å²) in [5, 5.41) is 8.26. The minimum Gasteiger partial charge on any atom is -0.355 e. The third-order valence-corrected chi connectivity index (χ3v) is 4.50. The van der Waals surface area contributed by atoms with E-state index in [4.69, 9.17) is 0 Å². The monoisotopic (exact) mass is 377 g/mol. The van der Waals surface area contributed by atoms with Crippen LogP contribution in [-0.2, 0) is 4.79 Å². The molecule has 0 unspecified atom stereocenters. The molecule has 0 atom stereocenters. The normalized spacial score (nSPS) is 13.2. The Morgan fingerprint density at radius 1 is 1.00 bits per heavy atom. The highest BCUT2D eigenvalue weighted by Crippen LogP contribution is 2.20. The average Bonchev–Trinajstić information content (AvgIpc) is 3.50. The van der Waals surface area contributed by atoms with E-state index in [-0.39, 0.29) is 17.7 Å². The van der Waals surface area contributed by atoms with E-state index in [1.807, 2.05) is 13.0 Å². The summed E-state index contributed by atoms with van der Waals surface area (Å²) in [5.41, 5.74) is 3.08. The summed E-state index contributed by atoms with van der Waals surface area (Å²) in [6, 6.07) is 12.7. The Morgan fingerprint density at radius 2 is 1.71 bits per heavy atom. The molecule has 3 rings (SSSR count). The Labute approximate surface area is 164 Å². The first-order valence-electron chi connectivity index (χ1n) is 9.19. The molecule has 0 saturated heterocycles. The Kier molecular flexibility index (Phi) is 5.89. The van der Waals surface area contributed by atoms with Crippen molar-refractivity contribution in [1.82, 2.24) is 10.6 Å². The predicted molar refractivity (Wildman–Crippen MR) is 109 cm³/mol. The smallest absolute Gasteiger partial charge is 0.253 e. The average molecular weight is 377 g/mol. The van der Waals surface area contributed by atoms with Crippen molar-refractivity contribution >= 4 is 29.5 Å². The molecule has 0 aromatic heterocycles. The van der Waals surface area contributed by atoms with Crippen LogP contribution >= 0.6 is 0 Å². The van der Waals surface area contributed by atoms with Crippen molar-refractivity contribution in [3.8, 4) is 0 Å². The lowest BCUT2D eigenvalue weighted by Crippen LogP contribution is -2.25. The first-order chi connectivity index (χ1) is 13.5. The number of carbonyl (C=O) groups is 3. The van der Waals surface area contributed by atoms with Crippen LogP contribution in [-0.4, -0.2) is 30.8 Å². The lowest BCUT2D eigenvalue weighted by Gasteiger charge is -2.11. The van der Waals surface area contributed by atoms with Crippen molar-refractivity contribution in [2.24, 2.45) is 0 Å². The number of hydrogen-bond donors (Lipinski definition) is 3. The maximum Gasteiger partial charge on any atom is 0.253 e. The van der Waals surface area contributed by atoms with Crippen molar-refractivity contribution in [1.29, 1.82) is 0 Å². The van der Waals surface area contributed by atoms with Crippen LogP contribution in [0.4, 0.5) is 5.69 Å². The molecule has 1 fully saturated rings. The number of amides is 3. The second-order valence-corrected chi connectivity index (χ2v) is 6.77. The fourth-order valence-electron chi connectivity index (χ4n) is 2.79. The van der Waals surface area contributed by atoms with E-state index in [2.05, 4.69) is 16.0 Å².